The van der Waals surface area contributed by atoms with Crippen LogP contribution in [0.3, 0.4) is 0 Å². The Balaban J connectivity index is 2.00. The number of hydrogen-bond donors (Lipinski definition) is 0. The topological polar surface area (TPSA) is 46.6 Å². The van der Waals surface area contributed by atoms with Gasteiger partial charge in [-0.25, -0.2) is 5.06 Å². The predicted octanol–water partition coefficient (Wildman–Crippen LogP) is 1.53. The van der Waals surface area contributed by atoms with Crippen molar-refractivity contribution in [2.45, 2.75) is 6.42 Å². The number of nitrogens with zero attached hydrogens (tertiary/aromatic N) is 1. The predicted molar refractivity (Wildman–Crippen MR) is 62.1 cm³/mol. The zero-order chi connectivity index (χ0) is 12.4. The summed E-state index contributed by atoms with van der Waals surface area (Å²) in [6.07, 6.45) is 0.625. The van der Waals surface area contributed by atoms with E-state index >= 15 is 0 Å². The van der Waals surface area contributed by atoms with Crippen molar-refractivity contribution < 1.29 is 14.4 Å². The molecule has 1 aromatic rings. The molecule has 4 heteroatoms. The summed E-state index contributed by atoms with van der Waals surface area (Å²) in [4.78, 5) is 28.6. The van der Waals surface area contributed by atoms with Crippen LogP contribution in [0.25, 0.3) is 0 Å². The molecule has 1 fully saturated rings. The molecule has 0 aromatic heterocycles. The van der Waals surface area contributed by atoms with Crippen molar-refractivity contribution in [3.63, 3.8) is 0 Å². The Bertz CT molecular complexity index is 430. The molecular formula is C13H15NO3. The summed E-state index contributed by atoms with van der Waals surface area (Å²) in [5.41, 5.74) is 0.674. The highest BCUT2D eigenvalue weighted by molar-refractivity contribution is 6.03. The van der Waals surface area contributed by atoms with Gasteiger partial charge in [0.1, 0.15) is 0 Å². The summed E-state index contributed by atoms with van der Waals surface area (Å²) >= 11 is 0. The van der Waals surface area contributed by atoms with Crippen LogP contribution in [0.1, 0.15) is 16.8 Å². The lowest BCUT2D eigenvalue weighted by Gasteiger charge is -2.12. The number of carbonyl (C=O) groups is 2. The van der Waals surface area contributed by atoms with Crippen LogP contribution in [0.5, 0.6) is 0 Å². The van der Waals surface area contributed by atoms with Gasteiger partial charge in [-0.3, -0.25) is 14.4 Å². The van der Waals surface area contributed by atoms with E-state index in [4.69, 9.17) is 4.84 Å². The van der Waals surface area contributed by atoms with Crippen LogP contribution in [0.2, 0.25) is 0 Å². The van der Waals surface area contributed by atoms with Crippen molar-refractivity contribution in [2.75, 3.05) is 14.2 Å². The molecule has 1 aliphatic rings. The molecule has 4 nitrogen and oxygen atoms in total. The van der Waals surface area contributed by atoms with Gasteiger partial charge in [-0.2, -0.15) is 0 Å². The van der Waals surface area contributed by atoms with E-state index in [-0.39, 0.29) is 23.5 Å². The highest BCUT2D eigenvalue weighted by Crippen LogP contribution is 2.42. The van der Waals surface area contributed by atoms with Gasteiger partial charge in [-0.15, -0.1) is 0 Å². The lowest BCUT2D eigenvalue weighted by Crippen LogP contribution is -2.28. The quantitative estimate of drug-likeness (QED) is 0.585. The van der Waals surface area contributed by atoms with Gasteiger partial charge in [0, 0.05) is 18.5 Å². The third kappa shape index (κ3) is 2.36. The molecule has 1 saturated carbocycles. The van der Waals surface area contributed by atoms with Gasteiger partial charge in [-0.1, -0.05) is 30.3 Å². The number of ketones is 1. The van der Waals surface area contributed by atoms with Crippen molar-refractivity contribution in [3.8, 4) is 0 Å². The molecule has 0 heterocycles. The number of rotatable bonds is 4. The van der Waals surface area contributed by atoms with Crippen LogP contribution >= 0.6 is 0 Å². The second-order valence-corrected chi connectivity index (χ2v) is 4.20. The van der Waals surface area contributed by atoms with E-state index in [1.54, 1.807) is 19.2 Å². The number of amides is 1. The fourth-order valence-corrected chi connectivity index (χ4v) is 1.90. The first-order chi connectivity index (χ1) is 8.15. The van der Waals surface area contributed by atoms with E-state index in [9.17, 15) is 9.59 Å². The average molecular weight is 233 g/mol. The molecule has 2 rings (SSSR count). The number of carbonyl (C=O) groups excluding carboxylic acids is 2. The first-order valence-corrected chi connectivity index (χ1v) is 5.56. The molecular weight excluding hydrogens is 218 g/mol. The highest BCUT2D eigenvalue weighted by Gasteiger charge is 2.49. The molecule has 0 spiro atoms. The maximum Gasteiger partial charge on any atom is 0.249 e. The van der Waals surface area contributed by atoms with E-state index in [0.717, 1.165) is 0 Å². The van der Waals surface area contributed by atoms with Gasteiger partial charge in [0.2, 0.25) is 5.91 Å². The molecule has 0 bridgehead atoms. The molecule has 1 aliphatic carbocycles. The fraction of sp³-hybridized carbons (Fsp3) is 0.385. The largest absolute Gasteiger partial charge is 0.294 e. The molecule has 1 aromatic carbocycles. The average Bonchev–Trinajstić information content (AvgIpc) is 3.17. The number of benzene rings is 1. The molecule has 1 amide bonds. The van der Waals surface area contributed by atoms with Gasteiger partial charge in [-0.05, 0) is 6.42 Å². The summed E-state index contributed by atoms with van der Waals surface area (Å²) in [7, 11) is 3.00. The van der Waals surface area contributed by atoms with Crippen molar-refractivity contribution in [1.29, 1.82) is 0 Å². The fourth-order valence-electron chi connectivity index (χ4n) is 1.90. The van der Waals surface area contributed by atoms with Crippen molar-refractivity contribution in [1.82, 2.24) is 5.06 Å². The van der Waals surface area contributed by atoms with Crippen LogP contribution in [0.4, 0.5) is 0 Å². The minimum atomic E-state index is -0.215. The van der Waals surface area contributed by atoms with Crippen LogP contribution in [0.15, 0.2) is 30.3 Å². The Kier molecular flexibility index (Phi) is 3.24. The van der Waals surface area contributed by atoms with Crippen LogP contribution in [-0.2, 0) is 9.63 Å². The van der Waals surface area contributed by atoms with Gasteiger partial charge in [0.15, 0.2) is 5.78 Å². The number of hydrogen-bond acceptors (Lipinski definition) is 3. The van der Waals surface area contributed by atoms with Crippen LogP contribution < -0.4 is 0 Å². The van der Waals surface area contributed by atoms with Crippen molar-refractivity contribution >= 4 is 11.7 Å². The minimum absolute atomic E-state index is 0.0495. The lowest BCUT2D eigenvalue weighted by atomic mass is 10.1. The highest BCUT2D eigenvalue weighted by atomic mass is 16.7. The molecule has 0 N–H and O–H groups in total. The summed E-state index contributed by atoms with van der Waals surface area (Å²) in [5.74, 6) is -0.467. The molecule has 17 heavy (non-hydrogen) atoms. The monoisotopic (exact) mass is 233 g/mol. The second-order valence-electron chi connectivity index (χ2n) is 4.20. The zero-order valence-corrected chi connectivity index (χ0v) is 9.92. The third-order valence-corrected chi connectivity index (χ3v) is 3.09. The third-order valence-electron chi connectivity index (χ3n) is 3.09. The van der Waals surface area contributed by atoms with Gasteiger partial charge >= 0.3 is 0 Å². The van der Waals surface area contributed by atoms with E-state index in [0.29, 0.717) is 12.0 Å². The van der Waals surface area contributed by atoms with Crippen molar-refractivity contribution in [3.05, 3.63) is 35.9 Å². The Morgan fingerprint density at radius 2 is 1.88 bits per heavy atom. The zero-order valence-electron chi connectivity index (χ0n) is 9.92. The minimum Gasteiger partial charge on any atom is -0.294 e. The Hall–Kier alpha value is -1.68. The van der Waals surface area contributed by atoms with E-state index in [2.05, 4.69) is 0 Å². The smallest absolute Gasteiger partial charge is 0.249 e. The van der Waals surface area contributed by atoms with Crippen molar-refractivity contribution in [2.24, 2.45) is 11.8 Å². The molecule has 0 unspecified atom stereocenters. The van der Waals surface area contributed by atoms with Crippen LogP contribution in [0, 0.1) is 11.8 Å². The first kappa shape index (κ1) is 11.8. The van der Waals surface area contributed by atoms with Gasteiger partial charge < -0.3 is 0 Å². The molecule has 90 valence electrons. The lowest BCUT2D eigenvalue weighted by molar-refractivity contribution is -0.170. The Morgan fingerprint density at radius 1 is 1.24 bits per heavy atom. The molecule has 0 saturated heterocycles. The molecule has 0 aliphatic heterocycles. The number of Topliss-reactive ketones (excluding diaryl/α,β-unsaturated/α-hetero) is 1. The van der Waals surface area contributed by atoms with Gasteiger partial charge in [0.05, 0.1) is 13.0 Å². The maximum atomic E-state index is 12.0. The normalized spacial score (nSPS) is 22.0. The summed E-state index contributed by atoms with van der Waals surface area (Å²) in [6, 6.07) is 9.08. The van der Waals surface area contributed by atoms with Crippen LogP contribution in [-0.4, -0.2) is 30.9 Å². The van der Waals surface area contributed by atoms with Gasteiger partial charge in [0.25, 0.3) is 0 Å². The molecule has 2 atom stereocenters. The Labute approximate surface area is 100 Å². The number of hydroxylamine groups is 2. The standard InChI is InChI=1S/C13H15NO3/c1-14(17-2)13(16)11-8-10(11)12(15)9-6-4-3-5-7-9/h3-7,10-11H,8H2,1-2H3/t10-,11-/m0/s1. The second kappa shape index (κ2) is 4.67. The molecule has 0 radical (unpaired) electrons. The Morgan fingerprint density at radius 3 is 2.47 bits per heavy atom. The summed E-state index contributed by atoms with van der Waals surface area (Å²) in [5, 5.41) is 1.18. The van der Waals surface area contributed by atoms with E-state index in [1.807, 2.05) is 18.2 Å². The van der Waals surface area contributed by atoms with E-state index in [1.165, 1.54) is 12.2 Å². The maximum absolute atomic E-state index is 12.0. The first-order valence-electron chi connectivity index (χ1n) is 5.56. The SMILES string of the molecule is CON(C)C(=O)[C@H]1C[C@@H]1C(=O)c1ccccc1. The summed E-state index contributed by atoms with van der Waals surface area (Å²) < 4.78 is 0. The van der Waals surface area contributed by atoms with E-state index < -0.39 is 0 Å². The summed E-state index contributed by atoms with van der Waals surface area (Å²) in [6.45, 7) is 0.